The van der Waals surface area contributed by atoms with Crippen LogP contribution < -0.4 is 4.74 Å². The van der Waals surface area contributed by atoms with Gasteiger partial charge in [-0.05, 0) is 49.9 Å². The Morgan fingerprint density at radius 2 is 1.94 bits per heavy atom. The van der Waals surface area contributed by atoms with Gasteiger partial charge in [-0.2, -0.15) is 0 Å². The summed E-state index contributed by atoms with van der Waals surface area (Å²) < 4.78 is 5.51. The van der Waals surface area contributed by atoms with E-state index < -0.39 is 12.2 Å². The van der Waals surface area contributed by atoms with E-state index in [2.05, 4.69) is 0 Å². The van der Waals surface area contributed by atoms with Crippen molar-refractivity contribution in [3.8, 4) is 5.75 Å². The minimum absolute atomic E-state index is 0.495. The number of ether oxygens (including phenoxy) is 1. The van der Waals surface area contributed by atoms with E-state index in [1.165, 1.54) is 0 Å². The third kappa shape index (κ3) is 4.48. The Labute approximate surface area is 113 Å². The van der Waals surface area contributed by atoms with Gasteiger partial charge in [-0.15, -0.1) is 0 Å². The molecular formula is C14H21ClO3. The van der Waals surface area contributed by atoms with Crippen molar-refractivity contribution < 1.29 is 14.9 Å². The lowest BCUT2D eigenvalue weighted by atomic mass is 10.0. The molecule has 0 amide bonds. The van der Waals surface area contributed by atoms with Crippen molar-refractivity contribution in [1.82, 2.24) is 0 Å². The molecule has 0 aromatic heterocycles. The molecule has 0 heterocycles. The lowest BCUT2D eigenvalue weighted by Crippen LogP contribution is -2.25. The molecular weight excluding hydrogens is 252 g/mol. The zero-order valence-corrected chi connectivity index (χ0v) is 11.7. The van der Waals surface area contributed by atoms with Gasteiger partial charge in [0.15, 0.2) is 0 Å². The first-order valence-electron chi connectivity index (χ1n) is 6.35. The first kappa shape index (κ1) is 15.3. The van der Waals surface area contributed by atoms with E-state index in [0.29, 0.717) is 30.9 Å². The van der Waals surface area contributed by atoms with Crippen molar-refractivity contribution in [2.24, 2.45) is 0 Å². The molecule has 102 valence electrons. The topological polar surface area (TPSA) is 49.7 Å². The third-order valence-corrected chi connectivity index (χ3v) is 3.13. The minimum atomic E-state index is -0.705. The summed E-state index contributed by atoms with van der Waals surface area (Å²) >= 11 is 5.95. The molecule has 2 N–H and O–H groups in total. The Kier molecular flexibility index (Phi) is 6.47. The Bertz CT molecular complexity index is 368. The molecule has 0 aliphatic carbocycles. The largest absolute Gasteiger partial charge is 0.494 e. The van der Waals surface area contributed by atoms with Crippen molar-refractivity contribution in [1.29, 1.82) is 0 Å². The van der Waals surface area contributed by atoms with E-state index in [4.69, 9.17) is 16.3 Å². The molecule has 0 saturated carbocycles. The molecule has 0 saturated heterocycles. The van der Waals surface area contributed by atoms with E-state index >= 15 is 0 Å². The van der Waals surface area contributed by atoms with Gasteiger partial charge in [0.05, 0.1) is 18.8 Å². The molecule has 0 aliphatic heterocycles. The summed E-state index contributed by atoms with van der Waals surface area (Å²) in [6.45, 7) is 4.36. The Morgan fingerprint density at radius 1 is 1.22 bits per heavy atom. The van der Waals surface area contributed by atoms with Crippen molar-refractivity contribution in [3.05, 3.63) is 28.8 Å². The molecule has 18 heavy (non-hydrogen) atoms. The predicted octanol–water partition coefficient (Wildman–Crippen LogP) is 2.80. The van der Waals surface area contributed by atoms with Crippen LogP contribution in [0, 0.1) is 0 Å². The van der Waals surface area contributed by atoms with Gasteiger partial charge in [0.2, 0.25) is 0 Å². The highest BCUT2D eigenvalue weighted by Crippen LogP contribution is 2.25. The van der Waals surface area contributed by atoms with Gasteiger partial charge in [0, 0.05) is 5.02 Å². The first-order chi connectivity index (χ1) is 8.58. The van der Waals surface area contributed by atoms with Crippen LogP contribution in [0.15, 0.2) is 18.2 Å². The van der Waals surface area contributed by atoms with Crippen molar-refractivity contribution >= 4 is 11.6 Å². The molecule has 0 fully saturated rings. The highest BCUT2D eigenvalue weighted by molar-refractivity contribution is 6.30. The third-order valence-electron chi connectivity index (χ3n) is 2.89. The molecule has 0 aliphatic rings. The van der Waals surface area contributed by atoms with Crippen LogP contribution in [-0.4, -0.2) is 29.0 Å². The highest BCUT2D eigenvalue weighted by Gasteiger charge is 2.15. The monoisotopic (exact) mass is 272 g/mol. The zero-order valence-electron chi connectivity index (χ0n) is 10.9. The van der Waals surface area contributed by atoms with Crippen LogP contribution in [-0.2, 0) is 6.42 Å². The maximum atomic E-state index is 9.75. The van der Waals surface area contributed by atoms with Crippen molar-refractivity contribution in [3.63, 3.8) is 0 Å². The molecule has 0 radical (unpaired) electrons. The van der Waals surface area contributed by atoms with Crippen LogP contribution in [0.3, 0.4) is 0 Å². The summed E-state index contributed by atoms with van der Waals surface area (Å²) in [4.78, 5) is 0. The van der Waals surface area contributed by atoms with Crippen LogP contribution in [0.2, 0.25) is 5.02 Å². The zero-order chi connectivity index (χ0) is 13.5. The summed E-state index contributed by atoms with van der Waals surface area (Å²) in [5, 5.41) is 19.9. The molecule has 2 atom stereocenters. The number of rotatable bonds is 7. The van der Waals surface area contributed by atoms with Crippen LogP contribution in [0.25, 0.3) is 0 Å². The number of halogens is 1. The minimum Gasteiger partial charge on any atom is -0.494 e. The van der Waals surface area contributed by atoms with E-state index in [1.54, 1.807) is 6.07 Å². The van der Waals surface area contributed by atoms with E-state index in [9.17, 15) is 10.2 Å². The van der Waals surface area contributed by atoms with E-state index in [0.717, 1.165) is 11.3 Å². The fourth-order valence-electron chi connectivity index (χ4n) is 1.81. The molecule has 1 aromatic rings. The second-order valence-electron chi connectivity index (χ2n) is 4.27. The number of benzene rings is 1. The molecule has 1 rings (SSSR count). The lowest BCUT2D eigenvalue weighted by molar-refractivity contribution is 0.0130. The number of aryl methyl sites for hydroxylation is 1. The Balaban J connectivity index is 2.67. The highest BCUT2D eigenvalue weighted by atomic mass is 35.5. The normalized spacial score (nSPS) is 14.3. The lowest BCUT2D eigenvalue weighted by Gasteiger charge is -2.17. The number of hydrogen-bond acceptors (Lipinski definition) is 3. The van der Waals surface area contributed by atoms with Crippen LogP contribution in [0.4, 0.5) is 0 Å². The van der Waals surface area contributed by atoms with E-state index in [1.807, 2.05) is 26.0 Å². The number of aliphatic hydroxyl groups excluding tert-OH is 2. The molecule has 0 bridgehead atoms. The number of hydrogen-bond donors (Lipinski definition) is 2. The molecule has 1 aromatic carbocycles. The Morgan fingerprint density at radius 3 is 2.56 bits per heavy atom. The van der Waals surface area contributed by atoms with Gasteiger partial charge < -0.3 is 14.9 Å². The quantitative estimate of drug-likeness (QED) is 0.802. The average Bonchev–Trinajstić information content (AvgIpc) is 2.37. The maximum absolute atomic E-state index is 9.75. The van der Waals surface area contributed by atoms with Crippen LogP contribution in [0.1, 0.15) is 32.3 Å². The number of aliphatic hydroxyl groups is 2. The smallest absolute Gasteiger partial charge is 0.122 e. The fraction of sp³-hybridized carbons (Fsp3) is 0.571. The summed E-state index contributed by atoms with van der Waals surface area (Å²) in [6, 6.07) is 5.47. The standard InChI is InChI=1S/C14H21ClO3/c1-3-12(16)13(17)7-5-10-9-11(15)6-8-14(10)18-4-2/h6,8-9,12-13,16-17H,3-5,7H2,1-2H3. The second-order valence-corrected chi connectivity index (χ2v) is 4.70. The molecule has 2 unspecified atom stereocenters. The van der Waals surface area contributed by atoms with Crippen LogP contribution in [0.5, 0.6) is 5.75 Å². The first-order valence-corrected chi connectivity index (χ1v) is 6.73. The SMILES string of the molecule is CCOc1ccc(Cl)cc1CCC(O)C(O)CC. The van der Waals surface area contributed by atoms with Crippen molar-refractivity contribution in [2.45, 2.75) is 45.3 Å². The van der Waals surface area contributed by atoms with Gasteiger partial charge in [-0.1, -0.05) is 18.5 Å². The van der Waals surface area contributed by atoms with Gasteiger partial charge in [-0.3, -0.25) is 0 Å². The summed E-state index contributed by atoms with van der Waals surface area (Å²) in [5.41, 5.74) is 0.965. The van der Waals surface area contributed by atoms with Gasteiger partial charge >= 0.3 is 0 Å². The maximum Gasteiger partial charge on any atom is 0.122 e. The summed E-state index contributed by atoms with van der Waals surface area (Å²) in [6.07, 6.45) is 0.307. The van der Waals surface area contributed by atoms with Crippen molar-refractivity contribution in [2.75, 3.05) is 6.61 Å². The summed E-state index contributed by atoms with van der Waals surface area (Å²) in [5.74, 6) is 0.792. The molecule has 0 spiro atoms. The summed E-state index contributed by atoms with van der Waals surface area (Å²) in [7, 11) is 0. The van der Waals surface area contributed by atoms with Gasteiger partial charge in [0.25, 0.3) is 0 Å². The fourth-order valence-corrected chi connectivity index (χ4v) is 2.00. The van der Waals surface area contributed by atoms with Crippen LogP contribution >= 0.6 is 11.6 Å². The predicted molar refractivity (Wildman–Crippen MR) is 73.2 cm³/mol. The van der Waals surface area contributed by atoms with Gasteiger partial charge in [0.1, 0.15) is 5.75 Å². The molecule has 3 nitrogen and oxygen atoms in total. The second kappa shape index (κ2) is 7.62. The Hall–Kier alpha value is -0.770. The van der Waals surface area contributed by atoms with Gasteiger partial charge in [-0.25, -0.2) is 0 Å². The molecule has 4 heteroatoms. The van der Waals surface area contributed by atoms with E-state index in [-0.39, 0.29) is 0 Å². The average molecular weight is 273 g/mol.